The Bertz CT molecular complexity index is 781. The third kappa shape index (κ3) is 4.06. The molecular formula is C18H27BClN5O3. The molecule has 0 amide bonds. The molecule has 2 saturated heterocycles. The number of hydrogen-bond donors (Lipinski definition) is 0. The van der Waals surface area contributed by atoms with Gasteiger partial charge in [-0.3, -0.25) is 14.3 Å². The molecule has 3 heterocycles. The van der Waals surface area contributed by atoms with E-state index in [0.29, 0.717) is 17.9 Å². The normalized spacial score (nSPS) is 22.4. The van der Waals surface area contributed by atoms with Crippen LogP contribution in [0.4, 0.5) is 5.82 Å². The van der Waals surface area contributed by atoms with Crippen LogP contribution in [0.1, 0.15) is 36.7 Å². The maximum atomic E-state index is 12.6. The number of rotatable bonds is 4. The van der Waals surface area contributed by atoms with Crippen molar-refractivity contribution in [3.05, 3.63) is 21.2 Å². The van der Waals surface area contributed by atoms with Crippen LogP contribution in [0.25, 0.3) is 0 Å². The van der Waals surface area contributed by atoms with Gasteiger partial charge in [-0.2, -0.15) is 0 Å². The van der Waals surface area contributed by atoms with Crippen molar-refractivity contribution in [3.63, 3.8) is 0 Å². The van der Waals surface area contributed by atoms with Gasteiger partial charge in [0.25, 0.3) is 5.56 Å². The number of methoxy groups -OCH3 is 1. The fourth-order valence-electron chi connectivity index (χ4n) is 4.29. The standard InChI is InChI=1S/C18H27BClN5O3/c1-4-12-11-23(9-10-25(12)13-5-7-24(19)8-6-13)16-15(20)21-14(18(27)28-3)17(26)22(16)2/h12-13H,4-11H2,1-3H3/t12-/m0/s1. The highest BCUT2D eigenvalue weighted by Crippen LogP contribution is 2.28. The molecule has 2 aliphatic heterocycles. The Morgan fingerprint density at radius 2 is 1.96 bits per heavy atom. The number of esters is 1. The zero-order valence-electron chi connectivity index (χ0n) is 16.7. The van der Waals surface area contributed by atoms with E-state index in [2.05, 4.69) is 26.4 Å². The molecule has 28 heavy (non-hydrogen) atoms. The molecule has 0 unspecified atom stereocenters. The summed E-state index contributed by atoms with van der Waals surface area (Å²) in [6, 6.07) is 0.889. The van der Waals surface area contributed by atoms with Crippen molar-refractivity contribution in [3.8, 4) is 0 Å². The van der Waals surface area contributed by atoms with Crippen LogP contribution in [-0.4, -0.2) is 85.1 Å². The Balaban J connectivity index is 1.82. The molecule has 0 saturated carbocycles. The number of anilines is 1. The Morgan fingerprint density at radius 1 is 1.29 bits per heavy atom. The minimum absolute atomic E-state index is 0.141. The first kappa shape index (κ1) is 21.1. The van der Waals surface area contributed by atoms with E-state index >= 15 is 0 Å². The van der Waals surface area contributed by atoms with Gasteiger partial charge in [0.05, 0.1) is 7.11 Å². The molecule has 152 valence electrons. The molecule has 2 radical (unpaired) electrons. The van der Waals surface area contributed by atoms with Crippen molar-refractivity contribution in [1.82, 2.24) is 19.3 Å². The summed E-state index contributed by atoms with van der Waals surface area (Å²) in [5.74, 6) is -0.231. The van der Waals surface area contributed by atoms with Gasteiger partial charge in [-0.05, 0) is 32.4 Å². The van der Waals surface area contributed by atoms with Crippen molar-refractivity contribution in [2.24, 2.45) is 7.05 Å². The van der Waals surface area contributed by atoms with Crippen LogP contribution in [0.5, 0.6) is 0 Å². The molecule has 2 fully saturated rings. The molecule has 0 bridgehead atoms. The number of piperidine rings is 1. The molecule has 0 spiro atoms. The van der Waals surface area contributed by atoms with Gasteiger partial charge in [0.1, 0.15) is 5.82 Å². The highest BCUT2D eigenvalue weighted by molar-refractivity contribution is 6.31. The van der Waals surface area contributed by atoms with Crippen LogP contribution in [0.2, 0.25) is 5.15 Å². The van der Waals surface area contributed by atoms with Crippen LogP contribution < -0.4 is 10.5 Å². The quantitative estimate of drug-likeness (QED) is 0.536. The molecule has 1 aromatic heterocycles. The zero-order chi connectivity index (χ0) is 20.4. The number of ether oxygens (including phenoxy) is 1. The number of aromatic nitrogens is 2. The van der Waals surface area contributed by atoms with Crippen molar-refractivity contribution in [2.75, 3.05) is 44.7 Å². The fraction of sp³-hybridized carbons (Fsp3) is 0.722. The maximum absolute atomic E-state index is 12.6. The zero-order valence-corrected chi connectivity index (χ0v) is 17.5. The van der Waals surface area contributed by atoms with E-state index < -0.39 is 11.5 Å². The van der Waals surface area contributed by atoms with Gasteiger partial charge in [0.15, 0.2) is 13.1 Å². The second-order valence-electron chi connectivity index (χ2n) is 7.44. The lowest BCUT2D eigenvalue weighted by Gasteiger charge is -2.48. The summed E-state index contributed by atoms with van der Waals surface area (Å²) in [5.41, 5.74) is -0.796. The SMILES string of the molecule is [B]N1CCC(N2CCN(c3c(Cl)nc(C(=O)OC)c(=O)n3C)C[C@@H]2CC)CC1. The lowest BCUT2D eigenvalue weighted by atomic mass is 9.97. The van der Waals surface area contributed by atoms with Crippen LogP contribution in [0.3, 0.4) is 0 Å². The minimum atomic E-state index is -0.781. The number of piperazine rings is 1. The van der Waals surface area contributed by atoms with Crippen LogP contribution in [0.15, 0.2) is 4.79 Å². The summed E-state index contributed by atoms with van der Waals surface area (Å²) in [5, 5.41) is 0.141. The van der Waals surface area contributed by atoms with Crippen molar-refractivity contribution in [1.29, 1.82) is 0 Å². The number of halogens is 1. The van der Waals surface area contributed by atoms with Crippen molar-refractivity contribution < 1.29 is 9.53 Å². The molecule has 0 aliphatic carbocycles. The maximum Gasteiger partial charge on any atom is 0.362 e. The Morgan fingerprint density at radius 3 is 2.57 bits per heavy atom. The van der Waals surface area contributed by atoms with Crippen molar-refractivity contribution in [2.45, 2.75) is 38.3 Å². The fourth-order valence-corrected chi connectivity index (χ4v) is 4.62. The Kier molecular flexibility index (Phi) is 6.67. The van der Waals surface area contributed by atoms with Gasteiger partial charge in [0.2, 0.25) is 5.69 Å². The van der Waals surface area contributed by atoms with Crippen molar-refractivity contribution >= 4 is 31.4 Å². The number of carbonyl (C=O) groups excluding carboxylic acids is 1. The van der Waals surface area contributed by atoms with Gasteiger partial charge >= 0.3 is 5.97 Å². The molecule has 3 rings (SSSR count). The van der Waals surface area contributed by atoms with Gasteiger partial charge in [-0.1, -0.05) is 18.5 Å². The lowest BCUT2D eigenvalue weighted by Crippen LogP contribution is -2.58. The predicted molar refractivity (Wildman–Crippen MR) is 109 cm³/mol. The lowest BCUT2D eigenvalue weighted by molar-refractivity contribution is 0.0590. The summed E-state index contributed by atoms with van der Waals surface area (Å²) in [6.45, 7) is 6.40. The van der Waals surface area contributed by atoms with Gasteiger partial charge in [-0.15, -0.1) is 0 Å². The molecule has 8 nitrogen and oxygen atoms in total. The number of hydrogen-bond acceptors (Lipinski definition) is 7. The largest absolute Gasteiger partial charge is 0.464 e. The highest BCUT2D eigenvalue weighted by atomic mass is 35.5. The van der Waals surface area contributed by atoms with Crippen LogP contribution >= 0.6 is 11.6 Å². The van der Waals surface area contributed by atoms with Crippen LogP contribution in [0, 0.1) is 0 Å². The first-order valence-corrected chi connectivity index (χ1v) is 10.1. The Labute approximate surface area is 171 Å². The smallest absolute Gasteiger partial charge is 0.362 e. The molecule has 2 aliphatic rings. The minimum Gasteiger partial charge on any atom is -0.464 e. The van der Waals surface area contributed by atoms with E-state index in [0.717, 1.165) is 52.0 Å². The summed E-state index contributed by atoms with van der Waals surface area (Å²) >= 11 is 6.38. The first-order valence-electron chi connectivity index (χ1n) is 9.72. The topological polar surface area (TPSA) is 70.9 Å². The second-order valence-corrected chi connectivity index (χ2v) is 7.80. The summed E-state index contributed by atoms with van der Waals surface area (Å²) in [4.78, 5) is 34.9. The first-order chi connectivity index (χ1) is 13.4. The second kappa shape index (κ2) is 8.84. The molecular weight excluding hydrogens is 380 g/mol. The van der Waals surface area contributed by atoms with Gasteiger partial charge in [0, 0.05) is 38.8 Å². The van der Waals surface area contributed by atoms with Gasteiger partial charge < -0.3 is 14.4 Å². The Hall–Kier alpha value is -1.58. The summed E-state index contributed by atoms with van der Waals surface area (Å²) in [7, 11) is 8.73. The third-order valence-corrected chi connectivity index (χ3v) is 6.12. The van der Waals surface area contributed by atoms with Crippen LogP contribution in [-0.2, 0) is 11.8 Å². The third-order valence-electron chi connectivity index (χ3n) is 5.87. The van der Waals surface area contributed by atoms with E-state index in [1.165, 1.54) is 11.7 Å². The summed E-state index contributed by atoms with van der Waals surface area (Å²) in [6.07, 6.45) is 3.14. The van der Waals surface area contributed by atoms with E-state index in [-0.39, 0.29) is 10.8 Å². The predicted octanol–water partition coefficient (Wildman–Crippen LogP) is 0.669. The molecule has 1 aromatic rings. The highest BCUT2D eigenvalue weighted by Gasteiger charge is 2.34. The molecule has 0 aromatic carbocycles. The number of nitrogens with zero attached hydrogens (tertiary/aromatic N) is 5. The summed E-state index contributed by atoms with van der Waals surface area (Å²) < 4.78 is 6.03. The van der Waals surface area contributed by atoms with Gasteiger partial charge in [-0.25, -0.2) is 9.78 Å². The molecule has 0 N–H and O–H groups in total. The number of carbonyl (C=O) groups is 1. The molecule has 10 heteroatoms. The average molecular weight is 408 g/mol. The van der Waals surface area contributed by atoms with E-state index in [1.54, 1.807) is 7.05 Å². The average Bonchev–Trinajstić information content (AvgIpc) is 2.70. The van der Waals surface area contributed by atoms with E-state index in [1.807, 2.05) is 4.81 Å². The monoisotopic (exact) mass is 407 g/mol. The molecule has 1 atom stereocenters. The van der Waals surface area contributed by atoms with E-state index in [4.69, 9.17) is 19.6 Å². The van der Waals surface area contributed by atoms with E-state index in [9.17, 15) is 9.59 Å².